The van der Waals surface area contributed by atoms with Gasteiger partial charge in [0, 0.05) is 11.6 Å². The number of nitrogens with zero attached hydrogens (tertiary/aromatic N) is 1. The maximum atomic E-state index is 13.4. The molecule has 0 heterocycles. The zero-order chi connectivity index (χ0) is 13.8. The van der Waals surface area contributed by atoms with Crippen molar-refractivity contribution >= 4 is 11.6 Å². The van der Waals surface area contributed by atoms with E-state index < -0.39 is 11.6 Å². The molecule has 2 rings (SSSR count). The van der Waals surface area contributed by atoms with E-state index in [1.165, 1.54) is 12.1 Å². The molecule has 0 aliphatic carbocycles. The molecule has 0 aromatic heterocycles. The topological polar surface area (TPSA) is 33.0 Å². The van der Waals surface area contributed by atoms with Gasteiger partial charge in [-0.3, -0.25) is 0 Å². The molecular formula is C14H8ClF2NO. The molecule has 0 spiro atoms. The van der Waals surface area contributed by atoms with Crippen molar-refractivity contribution in [2.75, 3.05) is 0 Å². The third-order valence-electron chi connectivity index (χ3n) is 2.46. The summed E-state index contributed by atoms with van der Waals surface area (Å²) in [5.41, 5.74) is 0.437. The Morgan fingerprint density at radius 1 is 1.16 bits per heavy atom. The molecule has 0 aliphatic heterocycles. The smallest absolute Gasteiger partial charge is 0.130 e. The lowest BCUT2D eigenvalue weighted by Gasteiger charge is -2.08. The SMILES string of the molecule is N#Cc1ccc(OCc2cc(F)ccc2F)cc1Cl. The Morgan fingerprint density at radius 2 is 1.95 bits per heavy atom. The van der Waals surface area contributed by atoms with Gasteiger partial charge in [0.25, 0.3) is 0 Å². The molecule has 19 heavy (non-hydrogen) atoms. The van der Waals surface area contributed by atoms with Crippen molar-refractivity contribution in [2.24, 2.45) is 0 Å². The van der Waals surface area contributed by atoms with Gasteiger partial charge in [-0.2, -0.15) is 5.26 Å². The minimum atomic E-state index is -0.541. The number of halogens is 3. The van der Waals surface area contributed by atoms with E-state index >= 15 is 0 Å². The first-order valence-electron chi connectivity index (χ1n) is 5.36. The molecule has 0 bridgehead atoms. The maximum Gasteiger partial charge on any atom is 0.130 e. The molecule has 5 heteroatoms. The maximum absolute atomic E-state index is 13.4. The van der Waals surface area contributed by atoms with Crippen LogP contribution in [0, 0.1) is 23.0 Å². The van der Waals surface area contributed by atoms with Crippen LogP contribution in [-0.4, -0.2) is 0 Å². The van der Waals surface area contributed by atoms with E-state index in [2.05, 4.69) is 0 Å². The molecule has 0 N–H and O–H groups in total. The monoisotopic (exact) mass is 279 g/mol. The molecule has 0 amide bonds. The first-order valence-corrected chi connectivity index (χ1v) is 5.74. The van der Waals surface area contributed by atoms with Crippen LogP contribution >= 0.6 is 11.6 Å². The summed E-state index contributed by atoms with van der Waals surface area (Å²) in [6.07, 6.45) is 0. The van der Waals surface area contributed by atoms with Crippen molar-refractivity contribution in [3.05, 3.63) is 64.2 Å². The highest BCUT2D eigenvalue weighted by Crippen LogP contribution is 2.23. The Kier molecular flexibility index (Phi) is 3.98. The van der Waals surface area contributed by atoms with Crippen molar-refractivity contribution in [3.63, 3.8) is 0 Å². The van der Waals surface area contributed by atoms with Crippen LogP contribution in [0.1, 0.15) is 11.1 Å². The quantitative estimate of drug-likeness (QED) is 0.848. The van der Waals surface area contributed by atoms with Gasteiger partial charge in [0.15, 0.2) is 0 Å². The molecule has 0 saturated heterocycles. The molecule has 0 unspecified atom stereocenters. The van der Waals surface area contributed by atoms with Crippen LogP contribution in [0.15, 0.2) is 36.4 Å². The zero-order valence-electron chi connectivity index (χ0n) is 9.66. The van der Waals surface area contributed by atoms with Crippen molar-refractivity contribution in [1.29, 1.82) is 5.26 Å². The van der Waals surface area contributed by atoms with Crippen LogP contribution in [-0.2, 0) is 6.61 Å². The van der Waals surface area contributed by atoms with E-state index in [1.54, 1.807) is 6.07 Å². The second-order valence-corrected chi connectivity index (χ2v) is 4.19. The minimum absolute atomic E-state index is 0.112. The molecule has 0 aliphatic rings. The average molecular weight is 280 g/mol. The van der Waals surface area contributed by atoms with Gasteiger partial charge in [-0.1, -0.05) is 11.6 Å². The van der Waals surface area contributed by atoms with E-state index in [9.17, 15) is 8.78 Å². The Labute approximate surface area is 113 Å². The van der Waals surface area contributed by atoms with Crippen LogP contribution < -0.4 is 4.74 Å². The fraction of sp³-hybridized carbons (Fsp3) is 0.0714. The third-order valence-corrected chi connectivity index (χ3v) is 2.78. The van der Waals surface area contributed by atoms with E-state index in [0.29, 0.717) is 11.3 Å². The predicted molar refractivity (Wildman–Crippen MR) is 66.9 cm³/mol. The fourth-order valence-electron chi connectivity index (χ4n) is 1.49. The normalized spacial score (nSPS) is 10.0. The molecule has 2 aromatic carbocycles. The second kappa shape index (κ2) is 5.68. The number of nitriles is 1. The number of hydrogen-bond acceptors (Lipinski definition) is 2. The lowest BCUT2D eigenvalue weighted by atomic mass is 10.2. The number of rotatable bonds is 3. The van der Waals surface area contributed by atoms with E-state index in [-0.39, 0.29) is 17.2 Å². The third kappa shape index (κ3) is 3.21. The Balaban J connectivity index is 2.13. The largest absolute Gasteiger partial charge is 0.489 e. The summed E-state index contributed by atoms with van der Waals surface area (Å²) in [4.78, 5) is 0. The summed E-state index contributed by atoms with van der Waals surface area (Å²) in [5, 5.41) is 8.97. The summed E-state index contributed by atoms with van der Waals surface area (Å²) in [7, 11) is 0. The molecule has 2 aromatic rings. The van der Waals surface area contributed by atoms with Gasteiger partial charge < -0.3 is 4.74 Å². The van der Waals surface area contributed by atoms with Crippen molar-refractivity contribution in [1.82, 2.24) is 0 Å². The van der Waals surface area contributed by atoms with Gasteiger partial charge >= 0.3 is 0 Å². The van der Waals surface area contributed by atoms with Gasteiger partial charge in [0.05, 0.1) is 10.6 Å². The zero-order valence-corrected chi connectivity index (χ0v) is 10.4. The number of benzene rings is 2. The first kappa shape index (κ1) is 13.3. The van der Waals surface area contributed by atoms with E-state index in [1.807, 2.05) is 6.07 Å². The van der Waals surface area contributed by atoms with Crippen LogP contribution in [0.2, 0.25) is 5.02 Å². The van der Waals surface area contributed by atoms with Crippen LogP contribution in [0.5, 0.6) is 5.75 Å². The van der Waals surface area contributed by atoms with Crippen LogP contribution in [0.25, 0.3) is 0 Å². The summed E-state index contributed by atoms with van der Waals surface area (Å²) in [6.45, 7) is -0.119. The summed E-state index contributed by atoms with van der Waals surface area (Å²) >= 11 is 5.83. The summed E-state index contributed by atoms with van der Waals surface area (Å²) in [5.74, 6) is -0.688. The van der Waals surface area contributed by atoms with E-state index in [0.717, 1.165) is 18.2 Å². The highest BCUT2D eigenvalue weighted by Gasteiger charge is 2.06. The summed E-state index contributed by atoms with van der Waals surface area (Å²) < 4.78 is 31.6. The van der Waals surface area contributed by atoms with Crippen molar-refractivity contribution in [2.45, 2.75) is 6.61 Å². The summed E-state index contributed by atoms with van der Waals surface area (Å²) in [6, 6.07) is 9.56. The highest BCUT2D eigenvalue weighted by molar-refractivity contribution is 6.31. The molecule has 0 atom stereocenters. The highest BCUT2D eigenvalue weighted by atomic mass is 35.5. The lowest BCUT2D eigenvalue weighted by Crippen LogP contribution is -1.99. The molecular weight excluding hydrogens is 272 g/mol. The van der Waals surface area contributed by atoms with Gasteiger partial charge in [-0.25, -0.2) is 8.78 Å². The van der Waals surface area contributed by atoms with Crippen LogP contribution in [0.3, 0.4) is 0 Å². The van der Waals surface area contributed by atoms with Crippen LogP contribution in [0.4, 0.5) is 8.78 Å². The fourth-order valence-corrected chi connectivity index (χ4v) is 1.70. The van der Waals surface area contributed by atoms with Gasteiger partial charge in [0.1, 0.15) is 30.1 Å². The molecule has 0 radical (unpaired) electrons. The Hall–Kier alpha value is -2.12. The van der Waals surface area contributed by atoms with Gasteiger partial charge in [-0.05, 0) is 30.3 Å². The Morgan fingerprint density at radius 3 is 2.63 bits per heavy atom. The van der Waals surface area contributed by atoms with Crippen molar-refractivity contribution < 1.29 is 13.5 Å². The standard InChI is InChI=1S/C14H8ClF2NO/c15-13-6-12(3-1-9(13)7-18)19-8-10-5-11(16)2-4-14(10)17/h1-6H,8H2. The predicted octanol–water partition coefficient (Wildman–Crippen LogP) is 4.07. The average Bonchev–Trinajstić information content (AvgIpc) is 2.40. The first-order chi connectivity index (χ1) is 9.10. The second-order valence-electron chi connectivity index (χ2n) is 3.78. The molecule has 2 nitrogen and oxygen atoms in total. The van der Waals surface area contributed by atoms with E-state index in [4.69, 9.17) is 21.6 Å². The van der Waals surface area contributed by atoms with Crippen molar-refractivity contribution in [3.8, 4) is 11.8 Å². The molecule has 0 fully saturated rings. The number of ether oxygens (including phenoxy) is 1. The minimum Gasteiger partial charge on any atom is -0.489 e. The van der Waals surface area contributed by atoms with Gasteiger partial charge in [0.2, 0.25) is 0 Å². The number of hydrogen-bond donors (Lipinski definition) is 0. The Bertz CT molecular complexity index is 652. The molecule has 0 saturated carbocycles. The lowest BCUT2D eigenvalue weighted by molar-refractivity contribution is 0.299. The molecule has 96 valence electrons. The van der Waals surface area contributed by atoms with Gasteiger partial charge in [-0.15, -0.1) is 0 Å².